The van der Waals surface area contributed by atoms with E-state index in [1.54, 1.807) is 23.1 Å². The van der Waals surface area contributed by atoms with Gasteiger partial charge in [0, 0.05) is 30.6 Å². The number of nitrogens with one attached hydrogen (secondary N) is 1. The van der Waals surface area contributed by atoms with E-state index >= 15 is 0 Å². The van der Waals surface area contributed by atoms with Crippen LogP contribution in [0, 0.1) is 10.1 Å². The maximum Gasteiger partial charge on any atom is 0.275 e. The maximum absolute atomic E-state index is 10.9. The standard InChI is InChI=1S/C12H15N5O3/c1-2-20-12-8-10(7-11(9-12)17(18)19)13-3-5-16-6-4-14-15-16/h4,6-9,13H,2-3,5H2,1H3. The van der Waals surface area contributed by atoms with E-state index in [9.17, 15) is 10.1 Å². The molecule has 0 aliphatic carbocycles. The molecule has 20 heavy (non-hydrogen) atoms. The van der Waals surface area contributed by atoms with Crippen LogP contribution in [-0.4, -0.2) is 33.1 Å². The zero-order valence-corrected chi connectivity index (χ0v) is 11.0. The summed E-state index contributed by atoms with van der Waals surface area (Å²) in [4.78, 5) is 10.4. The molecule has 0 atom stereocenters. The molecule has 0 amide bonds. The van der Waals surface area contributed by atoms with Crippen molar-refractivity contribution in [1.82, 2.24) is 15.0 Å². The van der Waals surface area contributed by atoms with Crippen molar-refractivity contribution in [3.8, 4) is 5.75 Å². The number of rotatable bonds is 7. The SMILES string of the molecule is CCOc1cc(NCCn2ccnn2)cc([N+](=O)[O-])c1. The van der Waals surface area contributed by atoms with E-state index in [-0.39, 0.29) is 5.69 Å². The molecule has 0 spiro atoms. The summed E-state index contributed by atoms with van der Waals surface area (Å²) in [6.07, 6.45) is 3.35. The molecule has 2 rings (SSSR count). The smallest absolute Gasteiger partial charge is 0.275 e. The van der Waals surface area contributed by atoms with Gasteiger partial charge >= 0.3 is 0 Å². The quantitative estimate of drug-likeness (QED) is 0.611. The Morgan fingerprint density at radius 3 is 2.95 bits per heavy atom. The van der Waals surface area contributed by atoms with Gasteiger partial charge in [-0.25, -0.2) is 0 Å². The largest absolute Gasteiger partial charge is 0.494 e. The van der Waals surface area contributed by atoms with Crippen molar-refractivity contribution >= 4 is 11.4 Å². The number of ether oxygens (including phenoxy) is 1. The van der Waals surface area contributed by atoms with Crippen LogP contribution in [0.3, 0.4) is 0 Å². The van der Waals surface area contributed by atoms with Crippen molar-refractivity contribution in [2.75, 3.05) is 18.5 Å². The van der Waals surface area contributed by atoms with Gasteiger partial charge in [0.15, 0.2) is 0 Å². The molecule has 1 heterocycles. The average Bonchev–Trinajstić information content (AvgIpc) is 2.92. The van der Waals surface area contributed by atoms with Crippen LogP contribution in [0.25, 0.3) is 0 Å². The Morgan fingerprint density at radius 1 is 1.45 bits per heavy atom. The summed E-state index contributed by atoms with van der Waals surface area (Å²) in [5.41, 5.74) is 0.641. The third-order valence-electron chi connectivity index (χ3n) is 2.56. The lowest BCUT2D eigenvalue weighted by molar-refractivity contribution is -0.384. The van der Waals surface area contributed by atoms with Gasteiger partial charge in [-0.2, -0.15) is 0 Å². The van der Waals surface area contributed by atoms with E-state index in [2.05, 4.69) is 15.6 Å². The predicted molar refractivity (Wildman–Crippen MR) is 72.8 cm³/mol. The molecule has 0 saturated heterocycles. The number of hydrogen-bond acceptors (Lipinski definition) is 6. The van der Waals surface area contributed by atoms with Crippen molar-refractivity contribution in [1.29, 1.82) is 0 Å². The van der Waals surface area contributed by atoms with Gasteiger partial charge in [-0.1, -0.05) is 5.21 Å². The molecular weight excluding hydrogens is 262 g/mol. The molecule has 8 heteroatoms. The lowest BCUT2D eigenvalue weighted by Crippen LogP contribution is -2.11. The molecule has 0 bridgehead atoms. The van der Waals surface area contributed by atoms with Crippen LogP contribution in [0.4, 0.5) is 11.4 Å². The second-order valence-corrected chi connectivity index (χ2v) is 4.00. The average molecular weight is 277 g/mol. The third kappa shape index (κ3) is 3.67. The van der Waals surface area contributed by atoms with E-state index in [1.807, 2.05) is 6.92 Å². The molecule has 106 valence electrons. The summed E-state index contributed by atoms with van der Waals surface area (Å²) in [5.74, 6) is 0.477. The second-order valence-electron chi connectivity index (χ2n) is 4.00. The van der Waals surface area contributed by atoms with Crippen molar-refractivity contribution in [2.24, 2.45) is 0 Å². The van der Waals surface area contributed by atoms with Gasteiger partial charge in [-0.05, 0) is 6.92 Å². The van der Waals surface area contributed by atoms with Gasteiger partial charge in [0.05, 0.1) is 30.3 Å². The van der Waals surface area contributed by atoms with E-state index in [0.717, 1.165) is 0 Å². The van der Waals surface area contributed by atoms with Crippen molar-refractivity contribution < 1.29 is 9.66 Å². The molecule has 0 aliphatic heterocycles. The Labute approximate surface area is 115 Å². The van der Waals surface area contributed by atoms with Gasteiger partial charge < -0.3 is 10.1 Å². The molecule has 1 aromatic carbocycles. The van der Waals surface area contributed by atoms with Gasteiger partial charge in [0.2, 0.25) is 0 Å². The number of aromatic nitrogens is 3. The fourth-order valence-corrected chi connectivity index (χ4v) is 1.71. The van der Waals surface area contributed by atoms with Crippen LogP contribution >= 0.6 is 0 Å². The molecular formula is C12H15N5O3. The Kier molecular flexibility index (Phi) is 4.48. The number of nitrogens with zero attached hydrogens (tertiary/aromatic N) is 4. The highest BCUT2D eigenvalue weighted by Crippen LogP contribution is 2.25. The van der Waals surface area contributed by atoms with Crippen LogP contribution in [0.15, 0.2) is 30.6 Å². The molecule has 0 fully saturated rings. The normalized spacial score (nSPS) is 10.2. The van der Waals surface area contributed by atoms with E-state index in [1.165, 1.54) is 12.1 Å². The van der Waals surface area contributed by atoms with E-state index in [0.29, 0.717) is 31.1 Å². The van der Waals surface area contributed by atoms with Gasteiger partial charge in [0.25, 0.3) is 5.69 Å². The molecule has 0 unspecified atom stereocenters. The zero-order valence-electron chi connectivity index (χ0n) is 11.0. The van der Waals surface area contributed by atoms with Crippen LogP contribution in [0.5, 0.6) is 5.75 Å². The number of benzene rings is 1. The number of anilines is 1. The Balaban J connectivity index is 2.03. The molecule has 8 nitrogen and oxygen atoms in total. The first kappa shape index (κ1) is 13.8. The summed E-state index contributed by atoms with van der Waals surface area (Å²) >= 11 is 0. The fourth-order valence-electron chi connectivity index (χ4n) is 1.71. The van der Waals surface area contributed by atoms with Gasteiger partial charge in [0.1, 0.15) is 5.75 Å². The molecule has 2 aromatic rings. The van der Waals surface area contributed by atoms with Crippen molar-refractivity contribution in [2.45, 2.75) is 13.5 Å². The Morgan fingerprint density at radius 2 is 2.30 bits per heavy atom. The molecule has 1 N–H and O–H groups in total. The molecule has 0 saturated carbocycles. The zero-order chi connectivity index (χ0) is 14.4. The van der Waals surface area contributed by atoms with E-state index < -0.39 is 4.92 Å². The first-order valence-electron chi connectivity index (χ1n) is 6.19. The highest BCUT2D eigenvalue weighted by molar-refractivity contribution is 5.56. The monoisotopic (exact) mass is 277 g/mol. The van der Waals surface area contributed by atoms with Crippen LogP contribution in [0.1, 0.15) is 6.92 Å². The highest BCUT2D eigenvalue weighted by Gasteiger charge is 2.10. The van der Waals surface area contributed by atoms with Gasteiger partial charge in [-0.15, -0.1) is 5.10 Å². The topological polar surface area (TPSA) is 95.1 Å². The molecule has 1 aromatic heterocycles. The number of hydrogen-bond donors (Lipinski definition) is 1. The number of nitro groups is 1. The minimum Gasteiger partial charge on any atom is -0.494 e. The summed E-state index contributed by atoms with van der Waals surface area (Å²) in [7, 11) is 0. The Hall–Kier alpha value is -2.64. The molecule has 0 radical (unpaired) electrons. The first-order valence-corrected chi connectivity index (χ1v) is 6.19. The second kappa shape index (κ2) is 6.50. The minimum absolute atomic E-state index is 0.000735. The van der Waals surface area contributed by atoms with Crippen LogP contribution in [0.2, 0.25) is 0 Å². The Bertz CT molecular complexity index is 570. The number of non-ortho nitro benzene ring substituents is 1. The lowest BCUT2D eigenvalue weighted by Gasteiger charge is -2.09. The third-order valence-corrected chi connectivity index (χ3v) is 2.56. The van der Waals surface area contributed by atoms with Crippen LogP contribution < -0.4 is 10.1 Å². The predicted octanol–water partition coefficient (Wildman–Crippen LogP) is 1.70. The summed E-state index contributed by atoms with van der Waals surface area (Å²) in [6, 6.07) is 4.62. The fraction of sp³-hybridized carbons (Fsp3) is 0.333. The molecule has 0 aliphatic rings. The number of nitro benzene ring substituents is 1. The highest BCUT2D eigenvalue weighted by atomic mass is 16.6. The first-order chi connectivity index (χ1) is 9.69. The maximum atomic E-state index is 10.9. The summed E-state index contributed by atoms with van der Waals surface area (Å²) in [5, 5.41) is 21.5. The van der Waals surface area contributed by atoms with Gasteiger partial charge in [-0.3, -0.25) is 14.8 Å². The van der Waals surface area contributed by atoms with E-state index in [4.69, 9.17) is 4.74 Å². The summed E-state index contributed by atoms with van der Waals surface area (Å²) < 4.78 is 6.99. The lowest BCUT2D eigenvalue weighted by atomic mass is 10.2. The van der Waals surface area contributed by atoms with Crippen molar-refractivity contribution in [3.05, 3.63) is 40.7 Å². The van der Waals surface area contributed by atoms with Crippen LogP contribution in [-0.2, 0) is 6.54 Å². The summed E-state index contributed by atoms with van der Waals surface area (Å²) in [6.45, 7) is 3.49. The van der Waals surface area contributed by atoms with Crippen molar-refractivity contribution in [3.63, 3.8) is 0 Å². The minimum atomic E-state index is -0.439.